The van der Waals surface area contributed by atoms with Crippen LogP contribution >= 0.6 is 0 Å². The number of nitrogens with one attached hydrogen (secondary N) is 1. The number of carbonyl (C=O) groups is 3. The first-order valence-corrected chi connectivity index (χ1v) is 8.23. The number of esters is 1. The van der Waals surface area contributed by atoms with E-state index in [9.17, 15) is 14.4 Å². The Morgan fingerprint density at radius 2 is 2.12 bits per heavy atom. The predicted molar refractivity (Wildman–Crippen MR) is 89.0 cm³/mol. The highest BCUT2D eigenvalue weighted by atomic mass is 16.5. The molecule has 2 heterocycles. The largest absolute Gasteiger partial charge is 0.472 e. The maximum absolute atomic E-state index is 12.8. The van der Waals surface area contributed by atoms with Crippen LogP contribution in [0, 0.1) is 5.41 Å². The fourth-order valence-corrected chi connectivity index (χ4v) is 2.57. The summed E-state index contributed by atoms with van der Waals surface area (Å²) in [5, 5.41) is 2.71. The third-order valence-electron chi connectivity index (χ3n) is 4.34. The number of amides is 1. The normalized spacial score (nSPS) is 24.8. The van der Waals surface area contributed by atoms with Gasteiger partial charge in [0.15, 0.2) is 11.9 Å². The first-order chi connectivity index (χ1) is 11.5. The van der Waals surface area contributed by atoms with E-state index in [2.05, 4.69) is 5.32 Å². The van der Waals surface area contributed by atoms with E-state index >= 15 is 0 Å². The van der Waals surface area contributed by atoms with Crippen LogP contribution in [0.15, 0.2) is 23.0 Å². The minimum absolute atomic E-state index is 0.0449. The van der Waals surface area contributed by atoms with Gasteiger partial charge in [-0.2, -0.15) is 0 Å². The molecule has 138 valence electrons. The molecule has 1 N–H and O–H groups in total. The molecule has 25 heavy (non-hydrogen) atoms. The topological polar surface area (TPSA) is 94.8 Å². The van der Waals surface area contributed by atoms with Crippen molar-refractivity contribution in [2.75, 3.05) is 6.61 Å². The SMILES string of the molecule is CC1OCC(=O)C1(C)NC(=O)C(CC(C)(C)C)OC(=O)c1ccoc1. The van der Waals surface area contributed by atoms with Gasteiger partial charge >= 0.3 is 5.97 Å². The fraction of sp³-hybridized carbons (Fsp3) is 0.611. The third-order valence-corrected chi connectivity index (χ3v) is 4.34. The molecule has 0 bridgehead atoms. The van der Waals surface area contributed by atoms with Crippen LogP contribution in [-0.4, -0.2) is 42.0 Å². The van der Waals surface area contributed by atoms with Crippen LogP contribution in [0.2, 0.25) is 0 Å². The minimum Gasteiger partial charge on any atom is -0.472 e. The second-order valence-electron chi connectivity index (χ2n) is 7.74. The Bertz CT molecular complexity index is 645. The number of carbonyl (C=O) groups excluding carboxylic acids is 3. The molecular formula is C18H25NO6. The van der Waals surface area contributed by atoms with Gasteiger partial charge < -0.3 is 19.2 Å². The van der Waals surface area contributed by atoms with E-state index in [-0.39, 0.29) is 23.4 Å². The van der Waals surface area contributed by atoms with Crippen LogP contribution in [-0.2, 0) is 19.1 Å². The van der Waals surface area contributed by atoms with E-state index in [4.69, 9.17) is 13.9 Å². The van der Waals surface area contributed by atoms with Gasteiger partial charge in [0.1, 0.15) is 18.4 Å². The van der Waals surface area contributed by atoms with Crippen LogP contribution in [0.25, 0.3) is 0 Å². The third kappa shape index (κ3) is 4.48. The van der Waals surface area contributed by atoms with Crippen molar-refractivity contribution in [3.05, 3.63) is 24.2 Å². The summed E-state index contributed by atoms with van der Waals surface area (Å²) in [7, 11) is 0. The lowest BCUT2D eigenvalue weighted by Crippen LogP contribution is -2.58. The quantitative estimate of drug-likeness (QED) is 0.817. The van der Waals surface area contributed by atoms with Crippen molar-refractivity contribution in [3.63, 3.8) is 0 Å². The maximum Gasteiger partial charge on any atom is 0.342 e. The van der Waals surface area contributed by atoms with Crippen LogP contribution in [0.4, 0.5) is 0 Å². The molecule has 0 saturated carbocycles. The van der Waals surface area contributed by atoms with E-state index in [1.807, 2.05) is 20.8 Å². The molecule has 2 rings (SSSR count). The summed E-state index contributed by atoms with van der Waals surface area (Å²) in [5.41, 5.74) is -1.16. The van der Waals surface area contributed by atoms with Gasteiger partial charge in [0.2, 0.25) is 0 Å². The summed E-state index contributed by atoms with van der Waals surface area (Å²) in [5.74, 6) is -1.37. The minimum atomic E-state index is -1.13. The summed E-state index contributed by atoms with van der Waals surface area (Å²) in [6.07, 6.45) is 1.43. The summed E-state index contributed by atoms with van der Waals surface area (Å²) in [6.45, 7) is 9.11. The molecule has 1 saturated heterocycles. The Balaban J connectivity index is 2.15. The molecular weight excluding hydrogens is 326 g/mol. The highest BCUT2D eigenvalue weighted by molar-refractivity contribution is 5.97. The summed E-state index contributed by atoms with van der Waals surface area (Å²) in [4.78, 5) is 37.1. The van der Waals surface area contributed by atoms with E-state index in [1.165, 1.54) is 18.6 Å². The molecule has 7 heteroatoms. The Kier molecular flexibility index (Phi) is 5.37. The Morgan fingerprint density at radius 1 is 1.44 bits per heavy atom. The maximum atomic E-state index is 12.8. The van der Waals surface area contributed by atoms with Crippen molar-refractivity contribution in [3.8, 4) is 0 Å². The highest BCUT2D eigenvalue weighted by Crippen LogP contribution is 2.26. The first-order valence-electron chi connectivity index (χ1n) is 8.23. The summed E-state index contributed by atoms with van der Waals surface area (Å²) < 4.78 is 15.6. The molecule has 0 radical (unpaired) electrons. The zero-order valence-electron chi connectivity index (χ0n) is 15.3. The number of Topliss-reactive ketones (excluding diaryl/α,β-unsaturated/α-hetero) is 1. The summed E-state index contributed by atoms with van der Waals surface area (Å²) in [6, 6.07) is 1.46. The van der Waals surface area contributed by atoms with Gasteiger partial charge in [-0.1, -0.05) is 20.8 Å². The Morgan fingerprint density at radius 3 is 2.60 bits per heavy atom. The lowest BCUT2D eigenvalue weighted by Gasteiger charge is -2.31. The van der Waals surface area contributed by atoms with Gasteiger partial charge in [-0.25, -0.2) is 4.79 Å². The standard InChI is InChI=1S/C18H25NO6/c1-11-18(5,14(20)10-24-11)19-15(21)13(8-17(2,3)4)25-16(22)12-6-7-23-9-12/h6-7,9,11,13H,8,10H2,1-5H3,(H,19,21). The van der Waals surface area contributed by atoms with Crippen molar-refractivity contribution < 1.29 is 28.3 Å². The second-order valence-corrected chi connectivity index (χ2v) is 7.74. The average Bonchev–Trinajstić information content (AvgIpc) is 3.11. The number of furan rings is 1. The zero-order valence-corrected chi connectivity index (χ0v) is 15.3. The van der Waals surface area contributed by atoms with Gasteiger partial charge in [-0.05, 0) is 31.7 Å². The van der Waals surface area contributed by atoms with Gasteiger partial charge in [0.25, 0.3) is 5.91 Å². The molecule has 3 atom stereocenters. The van der Waals surface area contributed by atoms with E-state index in [0.717, 1.165) is 0 Å². The lowest BCUT2D eigenvalue weighted by molar-refractivity contribution is -0.136. The Hall–Kier alpha value is -2.15. The molecule has 1 aromatic heterocycles. The van der Waals surface area contributed by atoms with Crippen LogP contribution < -0.4 is 5.32 Å². The van der Waals surface area contributed by atoms with E-state index in [1.54, 1.807) is 13.8 Å². The number of hydrogen-bond acceptors (Lipinski definition) is 6. The van der Waals surface area contributed by atoms with Gasteiger partial charge in [0, 0.05) is 0 Å². The van der Waals surface area contributed by atoms with Crippen molar-refractivity contribution in [2.45, 2.75) is 58.8 Å². The molecule has 0 spiro atoms. The predicted octanol–water partition coefficient (Wildman–Crippen LogP) is 2.10. The molecule has 3 unspecified atom stereocenters. The van der Waals surface area contributed by atoms with Crippen LogP contribution in [0.3, 0.4) is 0 Å². The van der Waals surface area contributed by atoms with Gasteiger partial charge in [-0.15, -0.1) is 0 Å². The van der Waals surface area contributed by atoms with E-state index in [0.29, 0.717) is 6.42 Å². The van der Waals surface area contributed by atoms with E-state index < -0.39 is 29.6 Å². The number of ether oxygens (including phenoxy) is 2. The van der Waals surface area contributed by atoms with Gasteiger partial charge in [-0.3, -0.25) is 9.59 Å². The second kappa shape index (κ2) is 7.00. The van der Waals surface area contributed by atoms with Crippen LogP contribution in [0.1, 0.15) is 51.4 Å². The molecule has 1 aromatic rings. The van der Waals surface area contributed by atoms with Crippen LogP contribution in [0.5, 0.6) is 0 Å². The van der Waals surface area contributed by atoms with Crippen molar-refractivity contribution in [2.24, 2.45) is 5.41 Å². The highest BCUT2D eigenvalue weighted by Gasteiger charge is 2.47. The van der Waals surface area contributed by atoms with Crippen molar-refractivity contribution >= 4 is 17.7 Å². The molecule has 1 amide bonds. The van der Waals surface area contributed by atoms with Crippen molar-refractivity contribution in [1.29, 1.82) is 0 Å². The smallest absolute Gasteiger partial charge is 0.342 e. The Labute approximate surface area is 147 Å². The molecule has 0 aromatic carbocycles. The molecule has 1 aliphatic rings. The van der Waals surface area contributed by atoms with Crippen molar-refractivity contribution in [1.82, 2.24) is 5.32 Å². The molecule has 1 fully saturated rings. The van der Waals surface area contributed by atoms with Gasteiger partial charge in [0.05, 0.1) is 17.9 Å². The lowest BCUT2D eigenvalue weighted by atomic mass is 9.87. The molecule has 7 nitrogen and oxygen atoms in total. The number of ketones is 1. The first kappa shape index (κ1) is 19.2. The average molecular weight is 351 g/mol. The fourth-order valence-electron chi connectivity index (χ4n) is 2.57. The number of hydrogen-bond donors (Lipinski definition) is 1. The zero-order chi connectivity index (χ0) is 18.8. The number of rotatable bonds is 5. The monoisotopic (exact) mass is 351 g/mol. The summed E-state index contributed by atoms with van der Waals surface area (Å²) >= 11 is 0. The molecule has 1 aliphatic heterocycles. The molecule has 0 aliphatic carbocycles.